The van der Waals surface area contributed by atoms with Crippen LogP contribution in [-0.4, -0.2) is 9.67 Å². The molecule has 2 rings (SSSR count). The van der Waals surface area contributed by atoms with Gasteiger partial charge in [-0.1, -0.05) is 6.08 Å². The first-order valence-corrected chi connectivity index (χ1v) is 6.29. The maximum absolute atomic E-state index is 13.4. The first-order chi connectivity index (χ1) is 9.02. The van der Waals surface area contributed by atoms with Gasteiger partial charge in [0, 0.05) is 0 Å². The van der Waals surface area contributed by atoms with Gasteiger partial charge in [0.15, 0.2) is 5.76 Å². The van der Waals surface area contributed by atoms with Gasteiger partial charge in [0.05, 0.1) is 16.4 Å². The molecule has 0 amide bonds. The van der Waals surface area contributed by atoms with Crippen molar-refractivity contribution in [3.05, 3.63) is 63.7 Å². The number of benzene rings is 1. The monoisotopic (exact) mass is 327 g/mol. The molecule has 0 aliphatic rings. The van der Waals surface area contributed by atoms with Crippen molar-refractivity contribution in [3.8, 4) is 5.69 Å². The van der Waals surface area contributed by atoms with Gasteiger partial charge in [0.1, 0.15) is 11.9 Å². The fraction of sp³-hybridized carbons (Fsp3) is 0.154. The Labute approximate surface area is 116 Å². The molecule has 0 fully saturated rings. The quantitative estimate of drug-likeness (QED) is 0.878. The Kier molecular flexibility index (Phi) is 4.01. The van der Waals surface area contributed by atoms with Crippen molar-refractivity contribution in [1.29, 1.82) is 0 Å². The largest absolute Gasteiger partial charge is 0.423 e. The second-order valence-corrected chi connectivity index (χ2v) is 4.76. The molecule has 4 nitrogen and oxygen atoms in total. The summed E-state index contributed by atoms with van der Waals surface area (Å²) in [5.41, 5.74) is 0.325. The Balaban J connectivity index is 2.42. The predicted molar refractivity (Wildman–Crippen MR) is 71.7 cm³/mol. The molecule has 1 atom stereocenters. The molecule has 0 spiro atoms. The fourth-order valence-corrected chi connectivity index (χ4v) is 1.85. The third-order valence-corrected chi connectivity index (χ3v) is 3.20. The van der Waals surface area contributed by atoms with Gasteiger partial charge in [0.2, 0.25) is 0 Å². The van der Waals surface area contributed by atoms with Crippen LogP contribution in [0.3, 0.4) is 0 Å². The van der Waals surface area contributed by atoms with Gasteiger partial charge < -0.3 is 9.52 Å². The van der Waals surface area contributed by atoms with E-state index in [0.717, 1.165) is 4.57 Å². The van der Waals surface area contributed by atoms with Gasteiger partial charge in [-0.2, -0.15) is 0 Å². The van der Waals surface area contributed by atoms with Crippen LogP contribution in [-0.2, 0) is 0 Å². The lowest BCUT2D eigenvalue weighted by molar-refractivity contribution is 0.151. The summed E-state index contributed by atoms with van der Waals surface area (Å²) >= 11 is 3.03. The molecule has 0 aliphatic carbocycles. The van der Waals surface area contributed by atoms with E-state index in [1.54, 1.807) is 6.07 Å². The summed E-state index contributed by atoms with van der Waals surface area (Å²) in [6, 6.07) is 4.25. The molecule has 1 aromatic heterocycles. The molecule has 100 valence electrons. The standard InChI is InChI=1S/C13H11BrFNO3/c1-2-3-11(17)12-7-16(13(18)19-12)8-4-5-9(14)10(15)6-8/h2,4-7,11,17H,1,3H2/t11-/m1/s1. The summed E-state index contributed by atoms with van der Waals surface area (Å²) in [5, 5.41) is 9.71. The number of aromatic nitrogens is 1. The van der Waals surface area contributed by atoms with E-state index in [4.69, 9.17) is 4.42 Å². The average Bonchev–Trinajstić information content (AvgIpc) is 2.75. The van der Waals surface area contributed by atoms with Crippen molar-refractivity contribution < 1.29 is 13.9 Å². The number of oxazole rings is 1. The van der Waals surface area contributed by atoms with Gasteiger partial charge in [-0.05, 0) is 40.5 Å². The lowest BCUT2D eigenvalue weighted by atomic mass is 10.2. The van der Waals surface area contributed by atoms with Crippen molar-refractivity contribution in [2.75, 3.05) is 0 Å². The molecule has 0 unspecified atom stereocenters. The van der Waals surface area contributed by atoms with E-state index in [0.29, 0.717) is 10.2 Å². The third-order valence-electron chi connectivity index (χ3n) is 2.56. The SMILES string of the molecule is C=CC[C@@H](O)c1cn(-c2ccc(Br)c(F)c2)c(=O)o1. The number of nitrogens with zero attached hydrogens (tertiary/aromatic N) is 1. The Morgan fingerprint density at radius 1 is 1.58 bits per heavy atom. The van der Waals surface area contributed by atoms with Crippen LogP contribution in [0.1, 0.15) is 18.3 Å². The van der Waals surface area contributed by atoms with Crippen LogP contribution in [0.2, 0.25) is 0 Å². The molecule has 0 aliphatic heterocycles. The lowest BCUT2D eigenvalue weighted by Gasteiger charge is -2.02. The van der Waals surface area contributed by atoms with Crippen LogP contribution in [0.25, 0.3) is 5.69 Å². The van der Waals surface area contributed by atoms with Crippen LogP contribution < -0.4 is 5.76 Å². The highest BCUT2D eigenvalue weighted by Crippen LogP contribution is 2.20. The summed E-state index contributed by atoms with van der Waals surface area (Å²) < 4.78 is 19.8. The van der Waals surface area contributed by atoms with Gasteiger partial charge >= 0.3 is 5.76 Å². The zero-order chi connectivity index (χ0) is 14.0. The smallest absolute Gasteiger partial charge is 0.410 e. The maximum atomic E-state index is 13.4. The van der Waals surface area contributed by atoms with E-state index in [9.17, 15) is 14.3 Å². The van der Waals surface area contributed by atoms with Gasteiger partial charge in [-0.15, -0.1) is 6.58 Å². The van der Waals surface area contributed by atoms with Crippen molar-refractivity contribution >= 4 is 15.9 Å². The van der Waals surface area contributed by atoms with Crippen molar-refractivity contribution in [1.82, 2.24) is 4.57 Å². The molecule has 1 aromatic carbocycles. The number of aliphatic hydroxyl groups is 1. The summed E-state index contributed by atoms with van der Waals surface area (Å²) in [7, 11) is 0. The maximum Gasteiger partial charge on any atom is 0.423 e. The first kappa shape index (κ1) is 13.8. The van der Waals surface area contributed by atoms with Gasteiger partial charge in [-0.3, -0.25) is 0 Å². The molecular formula is C13H11BrFNO3. The number of hydrogen-bond acceptors (Lipinski definition) is 3. The minimum atomic E-state index is -0.938. The van der Waals surface area contributed by atoms with E-state index in [1.807, 2.05) is 0 Å². The Bertz CT molecular complexity index is 662. The average molecular weight is 328 g/mol. The highest BCUT2D eigenvalue weighted by atomic mass is 79.9. The fourth-order valence-electron chi connectivity index (χ4n) is 1.60. The predicted octanol–water partition coefficient (Wildman–Crippen LogP) is 2.94. The molecule has 19 heavy (non-hydrogen) atoms. The normalized spacial score (nSPS) is 12.4. The van der Waals surface area contributed by atoms with Crippen LogP contribution in [0, 0.1) is 5.82 Å². The summed E-state index contributed by atoms with van der Waals surface area (Å²) in [4.78, 5) is 11.7. The van der Waals surface area contributed by atoms with Crippen LogP contribution >= 0.6 is 15.9 Å². The summed E-state index contributed by atoms with van der Waals surface area (Å²) in [6.07, 6.45) is 2.19. The molecule has 1 N–H and O–H groups in total. The first-order valence-electron chi connectivity index (χ1n) is 5.49. The van der Waals surface area contributed by atoms with E-state index in [1.165, 1.54) is 24.4 Å². The molecule has 0 radical (unpaired) electrons. The number of hydrogen-bond donors (Lipinski definition) is 1. The molecule has 0 saturated heterocycles. The number of rotatable bonds is 4. The topological polar surface area (TPSA) is 55.4 Å². The summed E-state index contributed by atoms with van der Waals surface area (Å²) in [6.45, 7) is 3.49. The van der Waals surface area contributed by atoms with Crippen LogP contribution in [0.15, 0.2) is 50.7 Å². The second kappa shape index (κ2) is 5.54. The third kappa shape index (κ3) is 2.85. The van der Waals surface area contributed by atoms with Crippen LogP contribution in [0.4, 0.5) is 4.39 Å². The van der Waals surface area contributed by atoms with Gasteiger partial charge in [0.25, 0.3) is 0 Å². The Morgan fingerprint density at radius 2 is 2.32 bits per heavy atom. The Hall–Kier alpha value is -1.66. The minimum absolute atomic E-state index is 0.119. The Morgan fingerprint density at radius 3 is 2.95 bits per heavy atom. The van der Waals surface area contributed by atoms with Crippen molar-refractivity contribution in [2.24, 2.45) is 0 Å². The number of halogens is 2. The highest BCUT2D eigenvalue weighted by molar-refractivity contribution is 9.10. The molecule has 2 aromatic rings. The molecule has 0 bridgehead atoms. The van der Waals surface area contributed by atoms with Gasteiger partial charge in [-0.25, -0.2) is 13.8 Å². The molecular weight excluding hydrogens is 317 g/mol. The molecule has 6 heteroatoms. The zero-order valence-electron chi connectivity index (χ0n) is 9.85. The second-order valence-electron chi connectivity index (χ2n) is 3.91. The van der Waals surface area contributed by atoms with E-state index >= 15 is 0 Å². The lowest BCUT2D eigenvalue weighted by Crippen LogP contribution is -2.10. The van der Waals surface area contributed by atoms with Crippen molar-refractivity contribution in [3.63, 3.8) is 0 Å². The van der Waals surface area contributed by atoms with Crippen LogP contribution in [0.5, 0.6) is 0 Å². The zero-order valence-corrected chi connectivity index (χ0v) is 11.4. The van der Waals surface area contributed by atoms with Crippen molar-refractivity contribution in [2.45, 2.75) is 12.5 Å². The minimum Gasteiger partial charge on any atom is -0.410 e. The molecule has 0 saturated carbocycles. The van der Waals surface area contributed by atoms with E-state index in [2.05, 4.69) is 22.5 Å². The van der Waals surface area contributed by atoms with E-state index < -0.39 is 17.7 Å². The highest BCUT2D eigenvalue weighted by Gasteiger charge is 2.15. The van der Waals surface area contributed by atoms with E-state index in [-0.39, 0.29) is 12.2 Å². The molecule has 1 heterocycles. The number of aliphatic hydroxyl groups excluding tert-OH is 1. The summed E-state index contributed by atoms with van der Waals surface area (Å²) in [5.74, 6) is -1.05.